The van der Waals surface area contributed by atoms with E-state index in [-0.39, 0.29) is 0 Å². The van der Waals surface area contributed by atoms with Gasteiger partial charge in [0.1, 0.15) is 0 Å². The average molecular weight is 206 g/mol. The molecular weight excluding hydrogens is 188 g/mol. The van der Waals surface area contributed by atoms with Crippen molar-refractivity contribution in [1.29, 1.82) is 0 Å². The Hall–Kier alpha value is -1.29. The third-order valence-electron chi connectivity index (χ3n) is 2.68. The number of pyridine rings is 1. The van der Waals surface area contributed by atoms with Crippen LogP contribution in [0.5, 0.6) is 0 Å². The molecule has 0 atom stereocenters. The van der Waals surface area contributed by atoms with Crippen LogP contribution in [-0.2, 0) is 0 Å². The van der Waals surface area contributed by atoms with Crippen LogP contribution in [0, 0.1) is 6.92 Å². The molecule has 0 spiro atoms. The molecule has 1 aromatic rings. The molecule has 0 radical (unpaired) electrons. The van der Waals surface area contributed by atoms with E-state index in [1.807, 2.05) is 19.1 Å². The Labute approximate surface area is 90.5 Å². The lowest BCUT2D eigenvalue weighted by molar-refractivity contribution is 0.724. The van der Waals surface area contributed by atoms with Crippen molar-refractivity contribution < 1.29 is 0 Å². The van der Waals surface area contributed by atoms with E-state index >= 15 is 0 Å². The largest absolute Gasteiger partial charge is 0.396 e. The van der Waals surface area contributed by atoms with Gasteiger partial charge >= 0.3 is 0 Å². The van der Waals surface area contributed by atoms with Crippen LogP contribution in [0.4, 0.5) is 11.5 Å². The maximum absolute atomic E-state index is 5.95. The standard InChI is InChI=1S/C11H18N4/c1-9-3-4-10(12)11(14-9)15-7-2-5-13-6-8-15/h3-4,13H,2,5-8,12H2,1H3. The van der Waals surface area contributed by atoms with Crippen molar-refractivity contribution in [2.75, 3.05) is 36.8 Å². The summed E-state index contributed by atoms with van der Waals surface area (Å²) in [5.41, 5.74) is 7.75. The molecule has 1 aromatic heterocycles. The second-order valence-corrected chi connectivity index (χ2v) is 3.96. The van der Waals surface area contributed by atoms with Crippen molar-refractivity contribution in [1.82, 2.24) is 10.3 Å². The molecule has 4 heteroatoms. The third kappa shape index (κ3) is 2.39. The topological polar surface area (TPSA) is 54.2 Å². The van der Waals surface area contributed by atoms with Crippen LogP contribution in [0.15, 0.2) is 12.1 Å². The molecule has 0 aliphatic carbocycles. The van der Waals surface area contributed by atoms with E-state index in [1.54, 1.807) is 0 Å². The number of rotatable bonds is 1. The fourth-order valence-electron chi connectivity index (χ4n) is 1.86. The molecule has 0 aromatic carbocycles. The molecule has 15 heavy (non-hydrogen) atoms. The van der Waals surface area contributed by atoms with Gasteiger partial charge in [0.15, 0.2) is 5.82 Å². The van der Waals surface area contributed by atoms with E-state index in [2.05, 4.69) is 15.2 Å². The summed E-state index contributed by atoms with van der Waals surface area (Å²) in [6, 6.07) is 3.89. The van der Waals surface area contributed by atoms with Gasteiger partial charge in [0, 0.05) is 25.3 Å². The first-order chi connectivity index (χ1) is 7.27. The molecule has 82 valence electrons. The zero-order chi connectivity index (χ0) is 10.7. The lowest BCUT2D eigenvalue weighted by Gasteiger charge is -2.22. The molecule has 0 bridgehead atoms. The van der Waals surface area contributed by atoms with Crippen LogP contribution < -0.4 is 16.0 Å². The van der Waals surface area contributed by atoms with Gasteiger partial charge in [-0.15, -0.1) is 0 Å². The number of nitrogens with zero attached hydrogens (tertiary/aromatic N) is 2. The smallest absolute Gasteiger partial charge is 0.152 e. The molecule has 0 unspecified atom stereocenters. The third-order valence-corrected chi connectivity index (χ3v) is 2.68. The highest BCUT2D eigenvalue weighted by Crippen LogP contribution is 2.20. The highest BCUT2D eigenvalue weighted by atomic mass is 15.2. The van der Waals surface area contributed by atoms with Gasteiger partial charge in [-0.25, -0.2) is 4.98 Å². The van der Waals surface area contributed by atoms with E-state index in [9.17, 15) is 0 Å². The molecule has 1 saturated heterocycles. The van der Waals surface area contributed by atoms with E-state index in [0.717, 1.165) is 49.8 Å². The summed E-state index contributed by atoms with van der Waals surface area (Å²) < 4.78 is 0. The lowest BCUT2D eigenvalue weighted by atomic mass is 10.3. The summed E-state index contributed by atoms with van der Waals surface area (Å²) in [4.78, 5) is 6.78. The Morgan fingerprint density at radius 2 is 2.20 bits per heavy atom. The van der Waals surface area contributed by atoms with E-state index in [1.165, 1.54) is 0 Å². The molecule has 1 fully saturated rings. The number of aromatic nitrogens is 1. The first-order valence-electron chi connectivity index (χ1n) is 5.46. The van der Waals surface area contributed by atoms with E-state index in [4.69, 9.17) is 5.73 Å². The first-order valence-corrected chi connectivity index (χ1v) is 5.46. The van der Waals surface area contributed by atoms with E-state index in [0.29, 0.717) is 0 Å². The minimum absolute atomic E-state index is 0.780. The quantitative estimate of drug-likeness (QED) is 0.712. The minimum Gasteiger partial charge on any atom is -0.396 e. The zero-order valence-corrected chi connectivity index (χ0v) is 9.16. The Morgan fingerprint density at radius 1 is 1.33 bits per heavy atom. The molecule has 3 N–H and O–H groups in total. The van der Waals surface area contributed by atoms with Crippen LogP contribution in [0.2, 0.25) is 0 Å². The predicted octanol–water partition coefficient (Wildman–Crippen LogP) is 0.772. The number of anilines is 2. The van der Waals surface area contributed by atoms with Crippen molar-refractivity contribution in [3.63, 3.8) is 0 Å². The summed E-state index contributed by atoms with van der Waals surface area (Å²) >= 11 is 0. The van der Waals surface area contributed by atoms with Crippen molar-refractivity contribution in [2.24, 2.45) is 0 Å². The maximum Gasteiger partial charge on any atom is 0.152 e. The van der Waals surface area contributed by atoms with Crippen molar-refractivity contribution in [3.05, 3.63) is 17.8 Å². The SMILES string of the molecule is Cc1ccc(N)c(N2CCCNCC2)n1. The van der Waals surface area contributed by atoms with Gasteiger partial charge < -0.3 is 16.0 Å². The second-order valence-electron chi connectivity index (χ2n) is 3.96. The first kappa shape index (κ1) is 10.2. The highest BCUT2D eigenvalue weighted by Gasteiger charge is 2.13. The number of hydrogen-bond donors (Lipinski definition) is 2. The van der Waals surface area contributed by atoms with Gasteiger partial charge in [0.2, 0.25) is 0 Å². The summed E-state index contributed by atoms with van der Waals surface area (Å²) in [7, 11) is 0. The second kappa shape index (κ2) is 4.49. The number of nitrogen functional groups attached to an aromatic ring is 1. The number of aryl methyl sites for hydroxylation is 1. The highest BCUT2D eigenvalue weighted by molar-refractivity contribution is 5.62. The van der Waals surface area contributed by atoms with Crippen molar-refractivity contribution in [2.45, 2.75) is 13.3 Å². The van der Waals surface area contributed by atoms with Gasteiger partial charge in [-0.3, -0.25) is 0 Å². The fourth-order valence-corrected chi connectivity index (χ4v) is 1.86. The molecule has 2 rings (SSSR count). The Kier molecular flexibility index (Phi) is 3.06. The molecular formula is C11H18N4. The van der Waals surface area contributed by atoms with Gasteiger partial charge in [-0.2, -0.15) is 0 Å². The van der Waals surface area contributed by atoms with Gasteiger partial charge in [0.25, 0.3) is 0 Å². The molecule has 1 aliphatic heterocycles. The number of hydrogen-bond acceptors (Lipinski definition) is 4. The molecule has 2 heterocycles. The molecule has 0 saturated carbocycles. The number of nitrogens with one attached hydrogen (secondary N) is 1. The van der Waals surface area contributed by atoms with Crippen LogP contribution in [-0.4, -0.2) is 31.2 Å². The number of nitrogens with two attached hydrogens (primary N) is 1. The van der Waals surface area contributed by atoms with Gasteiger partial charge in [-0.1, -0.05) is 0 Å². The predicted molar refractivity (Wildman–Crippen MR) is 63.1 cm³/mol. The molecule has 0 amide bonds. The summed E-state index contributed by atoms with van der Waals surface area (Å²) in [5, 5.41) is 3.37. The van der Waals surface area contributed by atoms with Gasteiger partial charge in [0.05, 0.1) is 5.69 Å². The van der Waals surface area contributed by atoms with Crippen LogP contribution in [0.3, 0.4) is 0 Å². The summed E-state index contributed by atoms with van der Waals surface area (Å²) in [5.74, 6) is 0.943. The normalized spacial score (nSPS) is 17.5. The molecule has 1 aliphatic rings. The van der Waals surface area contributed by atoms with Crippen LogP contribution in [0.25, 0.3) is 0 Å². The summed E-state index contributed by atoms with van der Waals surface area (Å²) in [6.07, 6.45) is 1.15. The van der Waals surface area contributed by atoms with Crippen LogP contribution >= 0.6 is 0 Å². The van der Waals surface area contributed by atoms with Gasteiger partial charge in [-0.05, 0) is 32.0 Å². The minimum atomic E-state index is 0.780. The Morgan fingerprint density at radius 3 is 3.07 bits per heavy atom. The average Bonchev–Trinajstić information content (AvgIpc) is 2.50. The monoisotopic (exact) mass is 206 g/mol. The van der Waals surface area contributed by atoms with Crippen LogP contribution in [0.1, 0.15) is 12.1 Å². The lowest BCUT2D eigenvalue weighted by Crippen LogP contribution is -2.29. The molecule has 4 nitrogen and oxygen atoms in total. The maximum atomic E-state index is 5.95. The Balaban J connectivity index is 2.22. The van der Waals surface area contributed by atoms with Crippen molar-refractivity contribution in [3.8, 4) is 0 Å². The zero-order valence-electron chi connectivity index (χ0n) is 9.16. The Bertz CT molecular complexity index is 329. The van der Waals surface area contributed by atoms with E-state index < -0.39 is 0 Å². The summed E-state index contributed by atoms with van der Waals surface area (Å²) in [6.45, 7) is 6.12. The van der Waals surface area contributed by atoms with Crippen molar-refractivity contribution >= 4 is 11.5 Å². The fraction of sp³-hybridized carbons (Fsp3) is 0.545.